The van der Waals surface area contributed by atoms with Crippen LogP contribution in [0.3, 0.4) is 0 Å². The highest BCUT2D eigenvalue weighted by Crippen LogP contribution is 2.34. The van der Waals surface area contributed by atoms with Gasteiger partial charge in [0, 0.05) is 24.3 Å². The lowest BCUT2D eigenvalue weighted by Gasteiger charge is -2.24. The van der Waals surface area contributed by atoms with Crippen LogP contribution in [0.4, 0.5) is 18.9 Å². The molecule has 104 valence electrons. The minimum absolute atomic E-state index is 0.224. The van der Waals surface area contributed by atoms with E-state index in [9.17, 15) is 18.0 Å². The van der Waals surface area contributed by atoms with Gasteiger partial charge in [0.15, 0.2) is 6.29 Å². The third-order valence-electron chi connectivity index (χ3n) is 2.68. The van der Waals surface area contributed by atoms with Crippen molar-refractivity contribution in [1.29, 1.82) is 0 Å². The fourth-order valence-electron chi connectivity index (χ4n) is 1.80. The SMILES string of the molecule is C=C(C)CN(CC)c1ccc(C=O)c(C(F)(F)F)c1. The lowest BCUT2D eigenvalue weighted by atomic mass is 10.1. The summed E-state index contributed by atoms with van der Waals surface area (Å²) < 4.78 is 38.6. The highest BCUT2D eigenvalue weighted by molar-refractivity contribution is 5.79. The number of halogens is 3. The zero-order valence-electron chi connectivity index (χ0n) is 10.9. The molecule has 0 saturated carbocycles. The third kappa shape index (κ3) is 3.84. The van der Waals surface area contributed by atoms with E-state index in [1.54, 1.807) is 4.90 Å². The van der Waals surface area contributed by atoms with Gasteiger partial charge in [-0.3, -0.25) is 4.79 Å². The molecule has 19 heavy (non-hydrogen) atoms. The fraction of sp³-hybridized carbons (Fsp3) is 0.357. The van der Waals surface area contributed by atoms with Gasteiger partial charge in [0.1, 0.15) is 0 Å². The van der Waals surface area contributed by atoms with Gasteiger partial charge in [-0.2, -0.15) is 13.2 Å². The molecule has 0 N–H and O–H groups in total. The number of anilines is 1. The topological polar surface area (TPSA) is 20.3 Å². The first-order valence-corrected chi connectivity index (χ1v) is 5.85. The summed E-state index contributed by atoms with van der Waals surface area (Å²) in [7, 11) is 0. The maximum Gasteiger partial charge on any atom is 0.417 e. The van der Waals surface area contributed by atoms with Crippen LogP contribution in [-0.4, -0.2) is 19.4 Å². The van der Waals surface area contributed by atoms with Crippen LogP contribution in [0, 0.1) is 0 Å². The first-order chi connectivity index (χ1) is 8.79. The molecular weight excluding hydrogens is 255 g/mol. The van der Waals surface area contributed by atoms with Crippen molar-refractivity contribution in [3.05, 3.63) is 41.5 Å². The minimum atomic E-state index is -4.53. The molecule has 0 spiro atoms. The molecule has 0 atom stereocenters. The Kier molecular flexibility index (Phi) is 4.75. The van der Waals surface area contributed by atoms with Crippen molar-refractivity contribution in [3.8, 4) is 0 Å². The Labute approximate surface area is 110 Å². The number of alkyl halides is 3. The van der Waals surface area contributed by atoms with E-state index in [1.807, 2.05) is 13.8 Å². The number of nitrogens with zero attached hydrogens (tertiary/aromatic N) is 1. The first-order valence-electron chi connectivity index (χ1n) is 5.85. The van der Waals surface area contributed by atoms with Crippen LogP contribution in [-0.2, 0) is 6.18 Å². The van der Waals surface area contributed by atoms with Gasteiger partial charge in [-0.25, -0.2) is 0 Å². The lowest BCUT2D eigenvalue weighted by molar-refractivity contribution is -0.137. The second kappa shape index (κ2) is 5.91. The number of carbonyl (C=O) groups excluding carboxylic acids is 1. The number of hydrogen-bond donors (Lipinski definition) is 0. The van der Waals surface area contributed by atoms with Crippen molar-refractivity contribution in [3.63, 3.8) is 0 Å². The van der Waals surface area contributed by atoms with Gasteiger partial charge in [-0.05, 0) is 32.0 Å². The summed E-state index contributed by atoms with van der Waals surface area (Å²) in [4.78, 5) is 12.4. The van der Waals surface area contributed by atoms with E-state index >= 15 is 0 Å². The third-order valence-corrected chi connectivity index (χ3v) is 2.68. The number of aldehydes is 1. The van der Waals surface area contributed by atoms with Gasteiger partial charge >= 0.3 is 6.18 Å². The zero-order valence-corrected chi connectivity index (χ0v) is 10.9. The normalized spacial score (nSPS) is 11.2. The van der Waals surface area contributed by atoms with Gasteiger partial charge in [-0.1, -0.05) is 12.2 Å². The molecule has 0 unspecified atom stereocenters. The largest absolute Gasteiger partial charge is 0.417 e. The van der Waals surface area contributed by atoms with Crippen LogP contribution in [0.25, 0.3) is 0 Å². The number of carbonyl (C=O) groups is 1. The monoisotopic (exact) mass is 271 g/mol. The van der Waals surface area contributed by atoms with E-state index in [0.717, 1.165) is 11.6 Å². The Bertz CT molecular complexity index is 480. The molecule has 0 aliphatic rings. The van der Waals surface area contributed by atoms with Crippen LogP contribution in [0.1, 0.15) is 29.8 Å². The van der Waals surface area contributed by atoms with Crippen molar-refractivity contribution >= 4 is 12.0 Å². The maximum absolute atomic E-state index is 12.9. The highest BCUT2D eigenvalue weighted by atomic mass is 19.4. The summed E-state index contributed by atoms with van der Waals surface area (Å²) in [5, 5.41) is 0. The van der Waals surface area contributed by atoms with E-state index in [4.69, 9.17) is 0 Å². The predicted molar refractivity (Wildman–Crippen MR) is 69.5 cm³/mol. The summed E-state index contributed by atoms with van der Waals surface area (Å²) in [5.41, 5.74) is 0.0427. The van der Waals surface area contributed by atoms with Gasteiger partial charge in [0.25, 0.3) is 0 Å². The van der Waals surface area contributed by atoms with Crippen molar-refractivity contribution in [2.45, 2.75) is 20.0 Å². The Morgan fingerprint density at radius 3 is 2.47 bits per heavy atom. The van der Waals surface area contributed by atoms with Gasteiger partial charge in [0.05, 0.1) is 5.56 Å². The van der Waals surface area contributed by atoms with Crippen molar-refractivity contribution in [2.75, 3.05) is 18.0 Å². The molecule has 0 amide bonds. The van der Waals surface area contributed by atoms with Crippen molar-refractivity contribution < 1.29 is 18.0 Å². The molecule has 2 nitrogen and oxygen atoms in total. The number of hydrogen-bond acceptors (Lipinski definition) is 2. The second-order valence-electron chi connectivity index (χ2n) is 4.36. The maximum atomic E-state index is 12.9. The van der Waals surface area contributed by atoms with Crippen molar-refractivity contribution in [2.24, 2.45) is 0 Å². The van der Waals surface area contributed by atoms with E-state index < -0.39 is 11.7 Å². The smallest absolute Gasteiger partial charge is 0.368 e. The molecule has 0 fully saturated rings. The van der Waals surface area contributed by atoms with Crippen LogP contribution < -0.4 is 4.90 Å². The van der Waals surface area contributed by atoms with E-state index in [0.29, 0.717) is 18.8 Å². The lowest BCUT2D eigenvalue weighted by Crippen LogP contribution is -2.25. The Balaban J connectivity index is 3.23. The first kappa shape index (κ1) is 15.3. The summed E-state index contributed by atoms with van der Waals surface area (Å²) in [6.45, 7) is 8.46. The Hall–Kier alpha value is -1.78. The standard InChI is InChI=1S/C14H16F3NO/c1-4-18(8-10(2)3)12-6-5-11(9-19)13(7-12)14(15,16)17/h5-7,9H,2,4,8H2,1,3H3. The molecule has 0 radical (unpaired) electrons. The van der Waals surface area contributed by atoms with E-state index in [2.05, 4.69) is 6.58 Å². The Morgan fingerprint density at radius 1 is 1.42 bits per heavy atom. The molecular formula is C14H16F3NO. The molecule has 0 heterocycles. The molecule has 0 aromatic heterocycles. The summed E-state index contributed by atoms with van der Waals surface area (Å²) >= 11 is 0. The van der Waals surface area contributed by atoms with Crippen LogP contribution in [0.15, 0.2) is 30.4 Å². The molecule has 1 aromatic rings. The molecule has 0 saturated heterocycles. The minimum Gasteiger partial charge on any atom is -0.368 e. The molecule has 1 aromatic carbocycles. The fourth-order valence-corrected chi connectivity index (χ4v) is 1.80. The number of rotatable bonds is 5. The van der Waals surface area contributed by atoms with Gasteiger partial charge in [-0.15, -0.1) is 0 Å². The second-order valence-corrected chi connectivity index (χ2v) is 4.36. The average Bonchev–Trinajstić information content (AvgIpc) is 2.34. The number of benzene rings is 1. The molecule has 5 heteroatoms. The average molecular weight is 271 g/mol. The Morgan fingerprint density at radius 2 is 2.05 bits per heavy atom. The molecule has 0 aliphatic carbocycles. The van der Waals surface area contributed by atoms with Crippen LogP contribution in [0.5, 0.6) is 0 Å². The van der Waals surface area contributed by atoms with Gasteiger partial charge < -0.3 is 4.90 Å². The molecule has 1 rings (SSSR count). The summed E-state index contributed by atoms with van der Waals surface area (Å²) in [6, 6.07) is 3.73. The van der Waals surface area contributed by atoms with Crippen LogP contribution in [0.2, 0.25) is 0 Å². The van der Waals surface area contributed by atoms with Crippen LogP contribution >= 0.6 is 0 Å². The van der Waals surface area contributed by atoms with E-state index in [1.165, 1.54) is 12.1 Å². The van der Waals surface area contributed by atoms with Crippen molar-refractivity contribution in [1.82, 2.24) is 0 Å². The quantitative estimate of drug-likeness (QED) is 0.597. The summed E-state index contributed by atoms with van der Waals surface area (Å²) in [5.74, 6) is 0. The van der Waals surface area contributed by atoms with Gasteiger partial charge in [0.2, 0.25) is 0 Å². The number of likely N-dealkylation sites (N-methyl/N-ethyl adjacent to an activating group) is 1. The summed E-state index contributed by atoms with van der Waals surface area (Å²) in [6.07, 6.45) is -4.31. The molecule has 0 aliphatic heterocycles. The van der Waals surface area contributed by atoms with E-state index in [-0.39, 0.29) is 11.8 Å². The zero-order chi connectivity index (χ0) is 14.6. The molecule has 0 bridgehead atoms. The predicted octanol–water partition coefficient (Wildman–Crippen LogP) is 3.92. The highest BCUT2D eigenvalue weighted by Gasteiger charge is 2.33.